The maximum Gasteiger partial charge on any atom is 0.433 e. The zero-order valence-corrected chi connectivity index (χ0v) is 10.3. The molecule has 0 aliphatic rings. The number of rotatable bonds is 4. The molecule has 0 saturated carbocycles. The summed E-state index contributed by atoms with van der Waals surface area (Å²) in [6.45, 7) is 1.47. The van der Waals surface area contributed by atoms with Crippen LogP contribution in [-0.2, 0) is 12.7 Å². The third kappa shape index (κ3) is 3.31. The van der Waals surface area contributed by atoms with Crippen LogP contribution < -0.4 is 5.32 Å². The molecule has 0 aliphatic carbocycles. The molecular formula is C12H13F3N4. The third-order valence-corrected chi connectivity index (χ3v) is 2.60. The zero-order valence-electron chi connectivity index (χ0n) is 10.3. The minimum Gasteiger partial charge on any atom is -0.336 e. The van der Waals surface area contributed by atoms with Crippen LogP contribution in [0.15, 0.2) is 30.9 Å². The van der Waals surface area contributed by atoms with Crippen LogP contribution in [-0.4, -0.2) is 28.1 Å². The van der Waals surface area contributed by atoms with Crippen molar-refractivity contribution < 1.29 is 13.2 Å². The number of aromatic nitrogens is 3. The predicted octanol–water partition coefficient (Wildman–Crippen LogP) is 2.18. The molecule has 0 unspecified atom stereocenters. The highest BCUT2D eigenvalue weighted by Gasteiger charge is 2.32. The average molecular weight is 270 g/mol. The summed E-state index contributed by atoms with van der Waals surface area (Å²) in [5.41, 5.74) is 0.00399. The zero-order chi connectivity index (χ0) is 13.9. The Labute approximate surface area is 108 Å². The number of pyridine rings is 1. The fraction of sp³-hybridized carbons (Fsp3) is 0.333. The summed E-state index contributed by atoms with van der Waals surface area (Å²) in [6.07, 6.45) is 0.0165. The van der Waals surface area contributed by atoms with Gasteiger partial charge in [-0.2, -0.15) is 13.2 Å². The lowest BCUT2D eigenvalue weighted by Crippen LogP contribution is -2.13. The van der Waals surface area contributed by atoms with Gasteiger partial charge in [0, 0.05) is 31.0 Å². The molecule has 19 heavy (non-hydrogen) atoms. The Balaban J connectivity index is 2.24. The molecule has 102 valence electrons. The minimum atomic E-state index is -4.44. The number of nitrogens with one attached hydrogen (secondary N) is 1. The summed E-state index contributed by atoms with van der Waals surface area (Å²) < 4.78 is 39.5. The second-order valence-electron chi connectivity index (χ2n) is 4.03. The highest BCUT2D eigenvalue weighted by atomic mass is 19.4. The molecule has 2 aromatic heterocycles. The van der Waals surface area contributed by atoms with Gasteiger partial charge in [-0.3, -0.25) is 4.98 Å². The van der Waals surface area contributed by atoms with Crippen LogP contribution in [0.3, 0.4) is 0 Å². The molecule has 0 fully saturated rings. The van der Waals surface area contributed by atoms with E-state index >= 15 is 0 Å². The molecule has 1 N–H and O–H groups in total. The van der Waals surface area contributed by atoms with E-state index in [4.69, 9.17) is 0 Å². The van der Waals surface area contributed by atoms with E-state index in [0.29, 0.717) is 17.8 Å². The Hall–Kier alpha value is -1.89. The Bertz CT molecular complexity index is 548. The lowest BCUT2D eigenvalue weighted by atomic mass is 10.2. The SMILES string of the molecule is CNCCn1cnc(-c2ccnc(C(F)(F)F)c2)c1. The predicted molar refractivity (Wildman–Crippen MR) is 64.4 cm³/mol. The van der Waals surface area contributed by atoms with Gasteiger partial charge < -0.3 is 9.88 Å². The van der Waals surface area contributed by atoms with E-state index in [0.717, 1.165) is 18.8 Å². The van der Waals surface area contributed by atoms with E-state index in [9.17, 15) is 13.2 Å². The minimum absolute atomic E-state index is 0.408. The number of nitrogens with zero attached hydrogens (tertiary/aromatic N) is 3. The number of likely N-dealkylation sites (N-methyl/N-ethyl adjacent to an activating group) is 1. The van der Waals surface area contributed by atoms with E-state index in [1.54, 1.807) is 12.5 Å². The molecule has 0 aromatic carbocycles. The van der Waals surface area contributed by atoms with Crippen molar-refractivity contribution in [1.82, 2.24) is 19.9 Å². The Morgan fingerprint density at radius 2 is 2.11 bits per heavy atom. The molecular weight excluding hydrogens is 257 g/mol. The molecule has 2 heterocycles. The topological polar surface area (TPSA) is 42.7 Å². The summed E-state index contributed by atoms with van der Waals surface area (Å²) in [5, 5.41) is 2.99. The van der Waals surface area contributed by atoms with Crippen molar-refractivity contribution in [2.75, 3.05) is 13.6 Å². The van der Waals surface area contributed by atoms with E-state index in [1.807, 2.05) is 11.6 Å². The van der Waals surface area contributed by atoms with Crippen molar-refractivity contribution in [2.24, 2.45) is 0 Å². The number of imidazole rings is 1. The monoisotopic (exact) mass is 270 g/mol. The quantitative estimate of drug-likeness (QED) is 0.926. The van der Waals surface area contributed by atoms with Crippen molar-refractivity contribution in [3.63, 3.8) is 0 Å². The van der Waals surface area contributed by atoms with Gasteiger partial charge in [0.2, 0.25) is 0 Å². The summed E-state index contributed by atoms with van der Waals surface area (Å²) in [7, 11) is 1.83. The summed E-state index contributed by atoms with van der Waals surface area (Å²) in [4.78, 5) is 7.43. The van der Waals surface area contributed by atoms with Gasteiger partial charge in [0.15, 0.2) is 0 Å². The van der Waals surface area contributed by atoms with Crippen LogP contribution in [0.4, 0.5) is 13.2 Å². The first-order valence-electron chi connectivity index (χ1n) is 5.70. The van der Waals surface area contributed by atoms with E-state index < -0.39 is 11.9 Å². The Morgan fingerprint density at radius 3 is 2.79 bits per heavy atom. The van der Waals surface area contributed by atoms with Crippen molar-refractivity contribution >= 4 is 0 Å². The van der Waals surface area contributed by atoms with Gasteiger partial charge in [-0.05, 0) is 19.2 Å². The first-order chi connectivity index (χ1) is 9.00. The number of halogens is 3. The average Bonchev–Trinajstić information content (AvgIpc) is 2.84. The molecule has 0 aliphatic heterocycles. The fourth-order valence-electron chi connectivity index (χ4n) is 1.62. The van der Waals surface area contributed by atoms with Crippen LogP contribution in [0.5, 0.6) is 0 Å². The molecule has 4 nitrogen and oxygen atoms in total. The molecule has 0 radical (unpaired) electrons. The molecule has 0 spiro atoms. The molecule has 0 saturated heterocycles. The number of alkyl halides is 3. The highest BCUT2D eigenvalue weighted by molar-refractivity contribution is 5.58. The molecule has 0 amide bonds. The summed E-state index contributed by atoms with van der Waals surface area (Å²) in [6, 6.07) is 2.52. The van der Waals surface area contributed by atoms with E-state index in [1.165, 1.54) is 6.07 Å². The first-order valence-corrected chi connectivity index (χ1v) is 5.70. The van der Waals surface area contributed by atoms with Crippen molar-refractivity contribution in [3.8, 4) is 11.3 Å². The van der Waals surface area contributed by atoms with Gasteiger partial charge in [-0.15, -0.1) is 0 Å². The van der Waals surface area contributed by atoms with Gasteiger partial charge in [0.1, 0.15) is 5.69 Å². The standard InChI is InChI=1S/C12H13F3N4/c1-16-4-5-19-7-10(18-8-19)9-2-3-17-11(6-9)12(13,14)15/h2-3,6-8,16H,4-5H2,1H3. The van der Waals surface area contributed by atoms with Crippen LogP contribution in [0.1, 0.15) is 5.69 Å². The molecule has 7 heteroatoms. The number of hydrogen-bond acceptors (Lipinski definition) is 3. The van der Waals surface area contributed by atoms with Crippen LogP contribution in [0.25, 0.3) is 11.3 Å². The lowest BCUT2D eigenvalue weighted by Gasteiger charge is -2.06. The highest BCUT2D eigenvalue weighted by Crippen LogP contribution is 2.29. The van der Waals surface area contributed by atoms with Crippen LogP contribution in [0.2, 0.25) is 0 Å². The number of hydrogen-bond donors (Lipinski definition) is 1. The second kappa shape index (κ2) is 5.40. The fourth-order valence-corrected chi connectivity index (χ4v) is 1.62. The summed E-state index contributed by atoms with van der Waals surface area (Å²) in [5.74, 6) is 0. The van der Waals surface area contributed by atoms with Crippen molar-refractivity contribution in [1.29, 1.82) is 0 Å². The summed E-state index contributed by atoms with van der Waals surface area (Å²) >= 11 is 0. The Morgan fingerprint density at radius 1 is 1.32 bits per heavy atom. The van der Waals surface area contributed by atoms with E-state index in [-0.39, 0.29) is 0 Å². The van der Waals surface area contributed by atoms with E-state index in [2.05, 4.69) is 15.3 Å². The first kappa shape index (κ1) is 13.5. The van der Waals surface area contributed by atoms with Crippen molar-refractivity contribution in [2.45, 2.75) is 12.7 Å². The van der Waals surface area contributed by atoms with Gasteiger partial charge in [0.05, 0.1) is 12.0 Å². The third-order valence-electron chi connectivity index (χ3n) is 2.60. The smallest absolute Gasteiger partial charge is 0.336 e. The van der Waals surface area contributed by atoms with Gasteiger partial charge in [-0.25, -0.2) is 4.98 Å². The van der Waals surface area contributed by atoms with Crippen LogP contribution >= 0.6 is 0 Å². The normalized spacial score (nSPS) is 11.8. The largest absolute Gasteiger partial charge is 0.433 e. The molecule has 0 atom stereocenters. The maximum absolute atomic E-state index is 12.6. The molecule has 2 aromatic rings. The van der Waals surface area contributed by atoms with Gasteiger partial charge in [0.25, 0.3) is 0 Å². The molecule has 2 rings (SSSR count). The maximum atomic E-state index is 12.6. The van der Waals surface area contributed by atoms with Gasteiger partial charge >= 0.3 is 6.18 Å². The molecule has 0 bridgehead atoms. The second-order valence-corrected chi connectivity index (χ2v) is 4.03. The Kier molecular flexibility index (Phi) is 3.84. The van der Waals surface area contributed by atoms with Crippen LogP contribution in [0, 0.1) is 0 Å². The van der Waals surface area contributed by atoms with Crippen molar-refractivity contribution in [3.05, 3.63) is 36.5 Å². The lowest BCUT2D eigenvalue weighted by molar-refractivity contribution is -0.141. The van der Waals surface area contributed by atoms with Gasteiger partial charge in [-0.1, -0.05) is 0 Å².